The number of aromatic nitrogens is 2. The van der Waals surface area contributed by atoms with E-state index in [0.29, 0.717) is 17.4 Å². The van der Waals surface area contributed by atoms with Crippen molar-refractivity contribution in [3.05, 3.63) is 261 Å². The van der Waals surface area contributed by atoms with Gasteiger partial charge in [0.25, 0.3) is 0 Å². The Morgan fingerprint density at radius 2 is 0.733 bits per heavy atom. The molecule has 2 aromatic heterocycles. The Morgan fingerprint density at radius 1 is 0.326 bits per heavy atom. The Kier molecular flexibility index (Phi) is 13.3. The Labute approximate surface area is 495 Å². The van der Waals surface area contributed by atoms with Crippen molar-refractivity contribution in [3.8, 4) is 84.2 Å². The van der Waals surface area contributed by atoms with Crippen molar-refractivity contribution in [2.45, 2.75) is 67.7 Å². The third-order valence-corrected chi connectivity index (χ3v) is 16.9. The van der Waals surface area contributed by atoms with E-state index in [2.05, 4.69) is 187 Å². The normalized spacial score (nSPS) is 12.1. The molecule has 0 aliphatic heterocycles. The third kappa shape index (κ3) is 9.60. The van der Waals surface area contributed by atoms with Crippen LogP contribution in [-0.4, -0.2) is 9.13 Å². The van der Waals surface area contributed by atoms with Gasteiger partial charge in [0.05, 0.1) is 56.2 Å². The van der Waals surface area contributed by atoms with E-state index in [-0.39, 0.29) is 28.3 Å². The molecule has 86 heavy (non-hydrogen) atoms. The second kappa shape index (κ2) is 20.7. The number of nitrogens with zero attached hydrogens (tertiary/aromatic N) is 3. The zero-order chi connectivity index (χ0) is 60.2. The smallest absolute Gasteiger partial charge is 0.309 e. The van der Waals surface area contributed by atoms with Gasteiger partial charge in [-0.1, -0.05) is 155 Å². The molecular formula is C77H57F6N3. The van der Waals surface area contributed by atoms with Gasteiger partial charge in [-0.25, -0.2) is 0 Å². The molecule has 13 aromatic rings. The Bertz CT molecular complexity index is 4760. The molecule has 0 atom stereocenters. The van der Waals surface area contributed by atoms with Crippen LogP contribution in [0, 0.1) is 66.7 Å². The van der Waals surface area contributed by atoms with E-state index in [9.17, 15) is 18.4 Å². The third-order valence-electron chi connectivity index (χ3n) is 16.9. The maximum Gasteiger partial charge on any atom is 0.417 e. The zero-order valence-corrected chi connectivity index (χ0v) is 48.7. The molecule has 0 aliphatic rings. The summed E-state index contributed by atoms with van der Waals surface area (Å²) in [7, 11) is 0. The maximum atomic E-state index is 15.8. The highest BCUT2D eigenvalue weighted by Gasteiger charge is 2.39. The topological polar surface area (TPSA) is 33.6 Å². The number of fused-ring (bicyclic) bond motifs is 6. The predicted molar refractivity (Wildman–Crippen MR) is 340 cm³/mol. The van der Waals surface area contributed by atoms with E-state index in [4.69, 9.17) is 0 Å². The molecule has 2 heterocycles. The van der Waals surface area contributed by atoms with Crippen LogP contribution in [0.3, 0.4) is 0 Å². The van der Waals surface area contributed by atoms with Gasteiger partial charge in [-0.15, -0.1) is 0 Å². The Morgan fingerprint density at radius 3 is 1.15 bits per heavy atom. The van der Waals surface area contributed by atoms with Crippen molar-refractivity contribution in [3.63, 3.8) is 0 Å². The molecule has 0 aliphatic carbocycles. The second-order valence-corrected chi connectivity index (χ2v) is 23.3. The molecular weight excluding hydrogens is 1080 g/mol. The molecule has 0 saturated heterocycles. The van der Waals surface area contributed by atoms with Crippen LogP contribution in [-0.2, 0) is 12.4 Å². The first-order chi connectivity index (χ1) is 41.1. The summed E-state index contributed by atoms with van der Waals surface area (Å²) in [5.74, 6) is 0. The van der Waals surface area contributed by atoms with Gasteiger partial charge in [-0.05, 0) is 201 Å². The molecule has 0 amide bonds. The molecule has 422 valence electrons. The van der Waals surface area contributed by atoms with Crippen LogP contribution in [0.5, 0.6) is 0 Å². The van der Waals surface area contributed by atoms with E-state index < -0.39 is 29.0 Å². The van der Waals surface area contributed by atoms with Crippen molar-refractivity contribution >= 4 is 43.6 Å². The van der Waals surface area contributed by atoms with Crippen LogP contribution in [0.2, 0.25) is 0 Å². The van der Waals surface area contributed by atoms with E-state index in [1.54, 1.807) is 18.2 Å². The molecule has 3 nitrogen and oxygen atoms in total. The zero-order valence-electron chi connectivity index (χ0n) is 48.7. The minimum atomic E-state index is -5.24. The fourth-order valence-corrected chi connectivity index (χ4v) is 13.3. The van der Waals surface area contributed by atoms with Gasteiger partial charge >= 0.3 is 12.4 Å². The Balaban J connectivity index is 1.17. The highest BCUT2D eigenvalue weighted by atomic mass is 19.4. The SMILES string of the molecule is Cc1cc(C)cc(-c2ccc3c(c2)c2cc(-c4cc(C)cc(C)c4)ccc2n3-c2cccc(-c3ccc(C(F)(F)F)cc3C(F)(F)F)c2-c2c(C#N)cccc2-n2c3ccc(-c4ccc(C)cc4C)cc3c3cc(-c4ccc(C)cc4C)ccc32)c1. The molecule has 0 radical (unpaired) electrons. The van der Waals surface area contributed by atoms with Crippen LogP contribution < -0.4 is 0 Å². The van der Waals surface area contributed by atoms with Gasteiger partial charge in [0.2, 0.25) is 0 Å². The van der Waals surface area contributed by atoms with Crippen molar-refractivity contribution in [1.82, 2.24) is 9.13 Å². The van der Waals surface area contributed by atoms with E-state index in [1.165, 1.54) is 6.07 Å². The minimum absolute atomic E-state index is 0.0174. The number of hydrogen-bond acceptors (Lipinski definition) is 1. The number of halogens is 6. The fraction of sp³-hybridized carbons (Fsp3) is 0.130. The lowest BCUT2D eigenvalue weighted by atomic mass is 9.86. The molecule has 0 N–H and O–H groups in total. The van der Waals surface area contributed by atoms with Crippen LogP contribution >= 0.6 is 0 Å². The largest absolute Gasteiger partial charge is 0.417 e. The summed E-state index contributed by atoms with van der Waals surface area (Å²) >= 11 is 0. The molecule has 13 rings (SSSR count). The van der Waals surface area contributed by atoms with Crippen molar-refractivity contribution in [2.24, 2.45) is 0 Å². The number of hydrogen-bond donors (Lipinski definition) is 0. The molecule has 0 unspecified atom stereocenters. The maximum absolute atomic E-state index is 15.8. The van der Waals surface area contributed by atoms with E-state index >= 15 is 13.2 Å². The lowest BCUT2D eigenvalue weighted by Gasteiger charge is -2.24. The summed E-state index contributed by atoms with van der Waals surface area (Å²) in [6.07, 6.45) is -10.3. The van der Waals surface area contributed by atoms with Crippen molar-refractivity contribution < 1.29 is 26.3 Å². The second-order valence-electron chi connectivity index (χ2n) is 23.3. The lowest BCUT2D eigenvalue weighted by molar-refractivity contribution is -0.142. The van der Waals surface area contributed by atoms with E-state index in [0.717, 1.165) is 139 Å². The van der Waals surface area contributed by atoms with Crippen LogP contribution in [0.4, 0.5) is 26.3 Å². The van der Waals surface area contributed by atoms with Gasteiger partial charge in [0.1, 0.15) is 0 Å². The standard InChI is InChI=1S/C77H57F6N3/c1-43-15-22-59(49(7)31-43)53-19-27-70-65(39-53)66-40-54(60-23-16-44(2)32-50(60)8)20-28-71(66)85(70)72-13-9-11-55(42-84)74(72)75-62(61-24-21-58(76(78,79)80)41-67(61)77(81,82)83)12-10-14-73(75)86-68-25-17-51(56-33-45(3)29-46(4)34-56)37-63(68)64-38-52(18-26-69(64)86)57-35-47(5)30-48(6)36-57/h9-41H,1-8H3. The fourth-order valence-electron chi connectivity index (χ4n) is 13.3. The molecule has 0 bridgehead atoms. The number of rotatable bonds is 8. The van der Waals surface area contributed by atoms with Gasteiger partial charge < -0.3 is 9.13 Å². The van der Waals surface area contributed by atoms with Crippen molar-refractivity contribution in [2.75, 3.05) is 0 Å². The average molecular weight is 1140 g/mol. The van der Waals surface area contributed by atoms with Crippen LogP contribution in [0.25, 0.3) is 122 Å². The van der Waals surface area contributed by atoms with Crippen LogP contribution in [0.1, 0.15) is 61.2 Å². The molecule has 11 aromatic carbocycles. The quantitative estimate of drug-likeness (QED) is 0.140. The van der Waals surface area contributed by atoms with Gasteiger partial charge in [0.15, 0.2) is 0 Å². The first kappa shape index (κ1) is 55.3. The highest BCUT2D eigenvalue weighted by molar-refractivity contribution is 6.15. The molecule has 0 spiro atoms. The van der Waals surface area contributed by atoms with Gasteiger partial charge in [-0.2, -0.15) is 31.6 Å². The highest BCUT2D eigenvalue weighted by Crippen LogP contribution is 2.50. The van der Waals surface area contributed by atoms with Gasteiger partial charge in [-0.3, -0.25) is 0 Å². The first-order valence-electron chi connectivity index (χ1n) is 28.6. The average Bonchev–Trinajstić information content (AvgIpc) is 1.55. The predicted octanol–water partition coefficient (Wildman–Crippen LogP) is 22.3. The van der Waals surface area contributed by atoms with Gasteiger partial charge in [0, 0.05) is 32.7 Å². The molecule has 9 heteroatoms. The van der Waals surface area contributed by atoms with E-state index in [1.807, 2.05) is 41.0 Å². The number of nitriles is 1. The van der Waals surface area contributed by atoms with Crippen molar-refractivity contribution in [1.29, 1.82) is 5.26 Å². The summed E-state index contributed by atoms with van der Waals surface area (Å²) in [5.41, 5.74) is 18.0. The number of aryl methyl sites for hydroxylation is 8. The number of alkyl halides is 6. The summed E-state index contributed by atoms with van der Waals surface area (Å²) in [6, 6.07) is 65.2. The summed E-state index contributed by atoms with van der Waals surface area (Å²) in [4.78, 5) is 0. The Hall–Kier alpha value is -9.91. The van der Waals surface area contributed by atoms with Crippen LogP contribution in [0.15, 0.2) is 200 Å². The molecule has 0 fully saturated rings. The lowest BCUT2D eigenvalue weighted by Crippen LogP contribution is -2.13. The molecule has 0 saturated carbocycles. The summed E-state index contributed by atoms with van der Waals surface area (Å²) in [6.45, 7) is 16.6. The number of benzene rings is 11. The monoisotopic (exact) mass is 1140 g/mol. The summed E-state index contributed by atoms with van der Waals surface area (Å²) < 4.78 is 95.5. The minimum Gasteiger partial charge on any atom is -0.309 e. The first-order valence-corrected chi connectivity index (χ1v) is 28.6. The summed E-state index contributed by atoms with van der Waals surface area (Å²) in [5, 5.41) is 15.1.